The van der Waals surface area contributed by atoms with E-state index in [1.165, 1.54) is 23.7 Å². The molecule has 0 amide bonds. The zero-order chi connectivity index (χ0) is 23.0. The smallest absolute Gasteiger partial charge is 0.169 e. The number of aromatic nitrogens is 3. The number of hydrogen-bond donors (Lipinski definition) is 3. The van der Waals surface area contributed by atoms with Gasteiger partial charge in [0.25, 0.3) is 0 Å². The van der Waals surface area contributed by atoms with Crippen molar-refractivity contribution < 1.29 is 23.0 Å². The number of halogens is 3. The predicted octanol–water partition coefficient (Wildman–Crippen LogP) is 3.75. The van der Waals surface area contributed by atoms with Gasteiger partial charge in [-0.25, -0.2) is 18.2 Å². The lowest BCUT2D eigenvalue weighted by atomic mass is 10.0. The van der Waals surface area contributed by atoms with Gasteiger partial charge in [-0.1, -0.05) is 6.07 Å². The standard InChI is InChI=1S/C21H24F3N5O2S/c1-10-3-4-11(22)17(18(10)24)21-28-15(9-32-21)20(30)27-14-7-26-29(2)19(14)16-6-5-13(25)12(23)8-31-16/h3-4,7,9,12-13,16,20,27,30H,5-6,8,25H2,1-2H3/t12-,13-,16+,20?/m1/s1. The minimum atomic E-state index is -1.26. The van der Waals surface area contributed by atoms with E-state index >= 15 is 0 Å². The molecular formula is C21H24F3N5O2S. The molecule has 1 saturated heterocycles. The molecule has 0 aliphatic carbocycles. The highest BCUT2D eigenvalue weighted by Gasteiger charge is 2.30. The highest BCUT2D eigenvalue weighted by molar-refractivity contribution is 7.13. The van der Waals surface area contributed by atoms with Crippen molar-refractivity contribution in [3.05, 3.63) is 52.3 Å². The van der Waals surface area contributed by atoms with Crippen molar-refractivity contribution in [1.82, 2.24) is 14.8 Å². The first-order chi connectivity index (χ1) is 15.3. The van der Waals surface area contributed by atoms with Crippen LogP contribution in [0.4, 0.5) is 18.9 Å². The Morgan fingerprint density at radius 2 is 2.12 bits per heavy atom. The first kappa shape index (κ1) is 22.7. The summed E-state index contributed by atoms with van der Waals surface area (Å²) in [6.45, 7) is 1.42. The van der Waals surface area contributed by atoms with Crippen LogP contribution in [-0.4, -0.2) is 38.7 Å². The van der Waals surface area contributed by atoms with E-state index in [0.717, 1.165) is 11.3 Å². The Labute approximate surface area is 187 Å². The fraction of sp³-hybridized carbons (Fsp3) is 0.429. The fourth-order valence-corrected chi connectivity index (χ4v) is 4.57. The number of benzene rings is 1. The van der Waals surface area contributed by atoms with Gasteiger partial charge in [0.05, 0.1) is 29.7 Å². The summed E-state index contributed by atoms with van der Waals surface area (Å²) >= 11 is 1.03. The maximum Gasteiger partial charge on any atom is 0.169 e. The first-order valence-corrected chi connectivity index (χ1v) is 11.0. The fourth-order valence-electron chi connectivity index (χ4n) is 3.70. The van der Waals surface area contributed by atoms with Gasteiger partial charge in [-0.05, 0) is 31.4 Å². The van der Waals surface area contributed by atoms with E-state index in [2.05, 4.69) is 15.4 Å². The van der Waals surface area contributed by atoms with Crippen molar-refractivity contribution in [2.45, 2.75) is 44.3 Å². The maximum absolute atomic E-state index is 14.4. The molecule has 1 aliphatic rings. The molecule has 0 saturated carbocycles. The van der Waals surface area contributed by atoms with E-state index in [-0.39, 0.29) is 22.9 Å². The molecule has 4 N–H and O–H groups in total. The molecule has 4 atom stereocenters. The summed E-state index contributed by atoms with van der Waals surface area (Å²) < 4.78 is 49.9. The maximum atomic E-state index is 14.4. The van der Waals surface area contributed by atoms with Crippen LogP contribution >= 0.6 is 11.3 Å². The third kappa shape index (κ3) is 4.38. The second-order valence-corrected chi connectivity index (χ2v) is 8.68. The number of rotatable bonds is 5. The average molecular weight is 468 g/mol. The van der Waals surface area contributed by atoms with Gasteiger partial charge in [0.2, 0.25) is 0 Å². The number of thiazole rings is 1. The minimum Gasteiger partial charge on any atom is -0.369 e. The topological polar surface area (TPSA) is 98.2 Å². The highest BCUT2D eigenvalue weighted by Crippen LogP contribution is 2.35. The number of alkyl halides is 1. The molecule has 7 nitrogen and oxygen atoms in total. The number of aryl methyl sites for hydroxylation is 2. The molecular weight excluding hydrogens is 443 g/mol. The Morgan fingerprint density at radius 1 is 1.34 bits per heavy atom. The normalized spacial score (nSPS) is 22.5. The molecule has 1 aromatic carbocycles. The van der Waals surface area contributed by atoms with E-state index in [4.69, 9.17) is 10.5 Å². The van der Waals surface area contributed by atoms with Crippen LogP contribution in [0.3, 0.4) is 0 Å². The molecule has 172 valence electrons. The lowest BCUT2D eigenvalue weighted by molar-refractivity contribution is 0.0246. The van der Waals surface area contributed by atoms with Gasteiger partial charge in [0.15, 0.2) is 6.23 Å². The Kier molecular flexibility index (Phi) is 6.52. The van der Waals surface area contributed by atoms with Gasteiger partial charge in [-0.2, -0.15) is 5.10 Å². The van der Waals surface area contributed by atoms with Gasteiger partial charge in [-0.15, -0.1) is 11.3 Å². The van der Waals surface area contributed by atoms with E-state index in [9.17, 15) is 18.3 Å². The van der Waals surface area contributed by atoms with Crippen LogP contribution in [0, 0.1) is 18.6 Å². The van der Waals surface area contributed by atoms with Crippen LogP contribution in [0.1, 0.15) is 42.1 Å². The van der Waals surface area contributed by atoms with Crippen molar-refractivity contribution in [3.63, 3.8) is 0 Å². The Morgan fingerprint density at radius 3 is 2.91 bits per heavy atom. The van der Waals surface area contributed by atoms with Crippen LogP contribution < -0.4 is 11.1 Å². The van der Waals surface area contributed by atoms with Crippen molar-refractivity contribution in [2.24, 2.45) is 12.8 Å². The molecule has 3 aromatic rings. The van der Waals surface area contributed by atoms with Gasteiger partial charge >= 0.3 is 0 Å². The minimum absolute atomic E-state index is 0.123. The Hall–Kier alpha value is -2.47. The summed E-state index contributed by atoms with van der Waals surface area (Å²) in [5, 5.41) is 19.5. The monoisotopic (exact) mass is 467 g/mol. The molecule has 1 fully saturated rings. The van der Waals surface area contributed by atoms with Crippen molar-refractivity contribution in [1.29, 1.82) is 0 Å². The lowest BCUT2D eigenvalue weighted by Crippen LogP contribution is -2.32. The van der Waals surface area contributed by atoms with Crippen molar-refractivity contribution in [2.75, 3.05) is 11.9 Å². The molecule has 2 aromatic heterocycles. The summed E-state index contributed by atoms with van der Waals surface area (Å²) in [5.74, 6) is -1.40. The molecule has 1 aliphatic heterocycles. The van der Waals surface area contributed by atoms with Gasteiger partial charge in [0, 0.05) is 18.5 Å². The number of hydrogen-bond acceptors (Lipinski definition) is 7. The molecule has 32 heavy (non-hydrogen) atoms. The molecule has 11 heteroatoms. The second kappa shape index (κ2) is 9.18. The third-order valence-corrected chi connectivity index (χ3v) is 6.44. The number of anilines is 1. The summed E-state index contributed by atoms with van der Waals surface area (Å²) in [6.07, 6.45) is -0.495. The van der Waals surface area contributed by atoms with Crippen LogP contribution in [0.2, 0.25) is 0 Å². The number of aliphatic hydroxyl groups is 1. The Bertz CT molecular complexity index is 1090. The van der Waals surface area contributed by atoms with Crippen LogP contribution in [0.25, 0.3) is 10.6 Å². The zero-order valence-corrected chi connectivity index (χ0v) is 18.4. The molecule has 0 spiro atoms. The zero-order valence-electron chi connectivity index (χ0n) is 17.6. The molecule has 3 heterocycles. The molecule has 0 bridgehead atoms. The van der Waals surface area contributed by atoms with E-state index in [0.29, 0.717) is 29.8 Å². The summed E-state index contributed by atoms with van der Waals surface area (Å²) in [4.78, 5) is 4.22. The third-order valence-electron chi connectivity index (χ3n) is 5.57. The number of ether oxygens (including phenoxy) is 1. The summed E-state index contributed by atoms with van der Waals surface area (Å²) in [6, 6.07) is 1.95. The van der Waals surface area contributed by atoms with Crippen molar-refractivity contribution in [3.8, 4) is 10.6 Å². The van der Waals surface area contributed by atoms with Crippen molar-refractivity contribution >= 4 is 17.0 Å². The van der Waals surface area contributed by atoms with Gasteiger partial charge < -0.3 is 20.9 Å². The summed E-state index contributed by atoms with van der Waals surface area (Å²) in [5.41, 5.74) is 7.21. The number of nitrogens with two attached hydrogens (primary N) is 1. The molecule has 0 radical (unpaired) electrons. The molecule has 4 rings (SSSR count). The average Bonchev–Trinajstić information content (AvgIpc) is 3.34. The predicted molar refractivity (Wildman–Crippen MR) is 115 cm³/mol. The number of aliphatic hydroxyl groups excluding tert-OH is 1. The van der Waals surface area contributed by atoms with Gasteiger partial charge in [0.1, 0.15) is 34.6 Å². The van der Waals surface area contributed by atoms with Crippen LogP contribution in [0.15, 0.2) is 23.7 Å². The number of nitrogens with zero attached hydrogens (tertiary/aromatic N) is 3. The van der Waals surface area contributed by atoms with Crippen LogP contribution in [0.5, 0.6) is 0 Å². The SMILES string of the molecule is Cc1ccc(F)c(-c2nc(C(O)Nc3cnn(C)c3[C@@H]3CC[C@@H](N)[C@H](F)CO3)cs2)c1F. The number of nitrogens with one attached hydrogen (secondary N) is 1. The van der Waals surface area contributed by atoms with E-state index < -0.39 is 36.2 Å². The van der Waals surface area contributed by atoms with E-state index in [1.54, 1.807) is 18.7 Å². The van der Waals surface area contributed by atoms with Gasteiger partial charge in [-0.3, -0.25) is 4.68 Å². The first-order valence-electron chi connectivity index (χ1n) is 10.1. The second-order valence-electron chi connectivity index (χ2n) is 7.82. The van der Waals surface area contributed by atoms with E-state index in [1.807, 2.05) is 0 Å². The summed E-state index contributed by atoms with van der Waals surface area (Å²) in [7, 11) is 1.72. The highest BCUT2D eigenvalue weighted by atomic mass is 32.1. The molecule has 1 unspecified atom stereocenters. The lowest BCUT2D eigenvalue weighted by Gasteiger charge is -2.19. The quantitative estimate of drug-likeness (QED) is 0.495. The Balaban J connectivity index is 1.55. The largest absolute Gasteiger partial charge is 0.369 e. The van der Waals surface area contributed by atoms with Crippen LogP contribution in [-0.2, 0) is 11.8 Å².